The fourth-order valence-corrected chi connectivity index (χ4v) is 4.62. The lowest BCUT2D eigenvalue weighted by Gasteiger charge is -2.32. The topological polar surface area (TPSA) is 84.1 Å². The Kier molecular flexibility index (Phi) is 4.76. The first-order chi connectivity index (χ1) is 15.6. The van der Waals surface area contributed by atoms with Crippen LogP contribution in [0.1, 0.15) is 0 Å². The number of nitrogens with zero attached hydrogens (tertiary/aromatic N) is 4. The van der Waals surface area contributed by atoms with E-state index in [4.69, 9.17) is 4.98 Å². The number of hydrogen-bond donors (Lipinski definition) is 3. The van der Waals surface area contributed by atoms with Gasteiger partial charge in [0.25, 0.3) is 0 Å². The standard InChI is InChI=1S/C24H21IN6O/c25-31-11-9-30(10-12-31)17-4-8-20-22(14-17)29-24(27-20)16-3-7-19-21(13-16)28-23(26-19)15-1-5-18(32)6-2-15/h1-8,13-14,32H,9-12H2,(H,26,28)(H,27,29). The fourth-order valence-electron chi connectivity index (χ4n) is 4.18. The van der Waals surface area contributed by atoms with Crippen LogP contribution < -0.4 is 4.90 Å². The molecular formula is C24H21IN6O. The summed E-state index contributed by atoms with van der Waals surface area (Å²) in [5.41, 5.74) is 7.03. The van der Waals surface area contributed by atoms with Crippen LogP contribution in [-0.4, -0.2) is 54.3 Å². The second-order valence-electron chi connectivity index (χ2n) is 8.05. The minimum atomic E-state index is 0.243. The van der Waals surface area contributed by atoms with Gasteiger partial charge >= 0.3 is 0 Å². The summed E-state index contributed by atoms with van der Waals surface area (Å²) in [5, 5.41) is 9.52. The Labute approximate surface area is 198 Å². The van der Waals surface area contributed by atoms with E-state index in [9.17, 15) is 5.11 Å². The molecule has 1 aliphatic rings. The highest BCUT2D eigenvalue weighted by atomic mass is 127. The van der Waals surface area contributed by atoms with Gasteiger partial charge in [0.05, 0.1) is 22.1 Å². The normalized spacial score (nSPS) is 15.1. The van der Waals surface area contributed by atoms with Crippen LogP contribution in [0.4, 0.5) is 5.69 Å². The van der Waals surface area contributed by atoms with Gasteiger partial charge in [0.15, 0.2) is 0 Å². The zero-order valence-electron chi connectivity index (χ0n) is 17.2. The molecule has 5 aromatic rings. The van der Waals surface area contributed by atoms with Crippen molar-refractivity contribution in [3.05, 3.63) is 60.7 Å². The van der Waals surface area contributed by atoms with E-state index in [0.717, 1.165) is 71.0 Å². The number of aromatic nitrogens is 4. The van der Waals surface area contributed by atoms with Crippen molar-refractivity contribution in [1.29, 1.82) is 0 Å². The highest BCUT2D eigenvalue weighted by Gasteiger charge is 2.16. The van der Waals surface area contributed by atoms with Crippen molar-refractivity contribution in [3.8, 4) is 28.5 Å². The van der Waals surface area contributed by atoms with Crippen molar-refractivity contribution in [3.63, 3.8) is 0 Å². The lowest BCUT2D eigenvalue weighted by atomic mass is 10.2. The highest BCUT2D eigenvalue weighted by molar-refractivity contribution is 14.1. The zero-order chi connectivity index (χ0) is 21.7. The van der Waals surface area contributed by atoms with Crippen molar-refractivity contribution in [1.82, 2.24) is 23.0 Å². The number of rotatable bonds is 3. The summed E-state index contributed by atoms with van der Waals surface area (Å²) in [6.07, 6.45) is 0. The molecule has 0 aliphatic carbocycles. The van der Waals surface area contributed by atoms with E-state index in [-0.39, 0.29) is 5.75 Å². The Balaban J connectivity index is 1.32. The van der Waals surface area contributed by atoms with Crippen LogP contribution in [0.5, 0.6) is 5.75 Å². The molecule has 8 heteroatoms. The SMILES string of the molecule is Oc1ccc(-c2nc3ccc(-c4nc5ccc(N6CCN(I)CC6)cc5[nH]4)cc3[nH]2)cc1. The molecule has 1 fully saturated rings. The number of benzene rings is 3. The molecule has 3 heterocycles. The van der Waals surface area contributed by atoms with Gasteiger partial charge in [0.2, 0.25) is 0 Å². The lowest BCUT2D eigenvalue weighted by Crippen LogP contribution is -2.42. The number of fused-ring (bicyclic) bond motifs is 2. The number of piperazine rings is 1. The summed E-state index contributed by atoms with van der Waals surface area (Å²) < 4.78 is 2.33. The third kappa shape index (κ3) is 3.59. The minimum absolute atomic E-state index is 0.243. The van der Waals surface area contributed by atoms with Gasteiger partial charge in [-0.2, -0.15) is 0 Å². The summed E-state index contributed by atoms with van der Waals surface area (Å²) in [6.45, 7) is 4.22. The average molecular weight is 536 g/mol. The molecule has 0 radical (unpaired) electrons. The number of aromatic amines is 2. The van der Waals surface area contributed by atoms with Gasteiger partial charge in [-0.25, -0.2) is 13.1 Å². The molecular weight excluding hydrogens is 515 g/mol. The predicted octanol–water partition coefficient (Wildman–Crippen LogP) is 4.95. The van der Waals surface area contributed by atoms with E-state index >= 15 is 0 Å². The monoisotopic (exact) mass is 536 g/mol. The molecule has 0 unspecified atom stereocenters. The maximum Gasteiger partial charge on any atom is 0.138 e. The Bertz CT molecular complexity index is 1420. The fraction of sp³-hybridized carbons (Fsp3) is 0.167. The first-order valence-corrected chi connectivity index (χ1v) is 11.5. The van der Waals surface area contributed by atoms with Crippen LogP contribution in [0, 0.1) is 0 Å². The quantitative estimate of drug-likeness (QED) is 0.225. The zero-order valence-corrected chi connectivity index (χ0v) is 19.4. The van der Waals surface area contributed by atoms with Crippen LogP contribution >= 0.6 is 22.9 Å². The molecule has 3 aromatic carbocycles. The third-order valence-corrected chi connectivity index (χ3v) is 6.92. The highest BCUT2D eigenvalue weighted by Crippen LogP contribution is 2.28. The van der Waals surface area contributed by atoms with Crippen LogP contribution in [0.2, 0.25) is 0 Å². The van der Waals surface area contributed by atoms with Gasteiger partial charge in [0, 0.05) is 65.9 Å². The number of H-pyrrole nitrogens is 2. The van der Waals surface area contributed by atoms with Crippen LogP contribution in [0.15, 0.2) is 60.7 Å². The molecule has 2 aromatic heterocycles. The van der Waals surface area contributed by atoms with Gasteiger partial charge in [0.1, 0.15) is 17.4 Å². The first kappa shape index (κ1) is 19.6. The van der Waals surface area contributed by atoms with Crippen LogP contribution in [0.3, 0.4) is 0 Å². The van der Waals surface area contributed by atoms with Gasteiger partial charge in [-0.3, -0.25) is 0 Å². The van der Waals surface area contributed by atoms with E-state index in [0.29, 0.717) is 0 Å². The smallest absolute Gasteiger partial charge is 0.138 e. The van der Waals surface area contributed by atoms with Gasteiger partial charge in [-0.15, -0.1) is 0 Å². The van der Waals surface area contributed by atoms with Crippen molar-refractivity contribution >= 4 is 50.6 Å². The number of imidazole rings is 2. The van der Waals surface area contributed by atoms with E-state index < -0.39 is 0 Å². The number of hydrogen-bond acceptors (Lipinski definition) is 5. The second-order valence-corrected chi connectivity index (χ2v) is 9.41. The molecule has 1 saturated heterocycles. The van der Waals surface area contributed by atoms with E-state index in [2.05, 4.69) is 70.1 Å². The largest absolute Gasteiger partial charge is 0.508 e. The summed E-state index contributed by atoms with van der Waals surface area (Å²) in [4.78, 5) is 18.8. The molecule has 0 amide bonds. The Morgan fingerprint density at radius 3 is 2.03 bits per heavy atom. The van der Waals surface area contributed by atoms with Crippen molar-refractivity contribution in [2.24, 2.45) is 0 Å². The number of halogens is 1. The van der Waals surface area contributed by atoms with Crippen molar-refractivity contribution in [2.75, 3.05) is 31.1 Å². The van der Waals surface area contributed by atoms with E-state index in [1.165, 1.54) is 5.69 Å². The molecule has 1 aliphatic heterocycles. The minimum Gasteiger partial charge on any atom is -0.508 e. The number of anilines is 1. The van der Waals surface area contributed by atoms with Crippen molar-refractivity contribution in [2.45, 2.75) is 0 Å². The molecule has 32 heavy (non-hydrogen) atoms. The Hall–Kier alpha value is -3.11. The first-order valence-electron chi connectivity index (χ1n) is 10.6. The maximum absolute atomic E-state index is 9.52. The molecule has 160 valence electrons. The summed E-state index contributed by atoms with van der Waals surface area (Å²) in [5.74, 6) is 1.86. The molecule has 0 atom stereocenters. The van der Waals surface area contributed by atoms with Crippen LogP contribution in [-0.2, 0) is 0 Å². The number of aromatic hydroxyl groups is 1. The Morgan fingerprint density at radius 1 is 0.719 bits per heavy atom. The molecule has 0 saturated carbocycles. The Morgan fingerprint density at radius 2 is 1.31 bits per heavy atom. The van der Waals surface area contributed by atoms with Gasteiger partial charge < -0.3 is 20.0 Å². The molecule has 3 N–H and O–H groups in total. The number of phenols is 1. The molecule has 6 rings (SSSR count). The second kappa shape index (κ2) is 7.79. The molecule has 0 spiro atoms. The number of phenolic OH excluding ortho intramolecular Hbond substituents is 1. The van der Waals surface area contributed by atoms with Gasteiger partial charge in [-0.05, 0) is 60.7 Å². The summed E-state index contributed by atoms with van der Waals surface area (Å²) >= 11 is 2.40. The lowest BCUT2D eigenvalue weighted by molar-refractivity contribution is 0.460. The van der Waals surface area contributed by atoms with Crippen molar-refractivity contribution < 1.29 is 5.11 Å². The summed E-state index contributed by atoms with van der Waals surface area (Å²) in [7, 11) is 0. The summed E-state index contributed by atoms with van der Waals surface area (Å²) in [6, 6.07) is 19.6. The average Bonchev–Trinajstić information content (AvgIpc) is 3.43. The van der Waals surface area contributed by atoms with Gasteiger partial charge in [-0.1, -0.05) is 0 Å². The molecule has 7 nitrogen and oxygen atoms in total. The predicted molar refractivity (Wildman–Crippen MR) is 136 cm³/mol. The van der Waals surface area contributed by atoms with Crippen LogP contribution in [0.25, 0.3) is 44.8 Å². The van der Waals surface area contributed by atoms with E-state index in [1.807, 2.05) is 24.3 Å². The maximum atomic E-state index is 9.52. The number of nitrogens with one attached hydrogen (secondary N) is 2. The van der Waals surface area contributed by atoms with E-state index in [1.54, 1.807) is 12.1 Å². The molecule has 0 bridgehead atoms. The third-order valence-electron chi connectivity index (χ3n) is 5.95.